The van der Waals surface area contributed by atoms with Crippen LogP contribution in [0.1, 0.15) is 12.8 Å². The molecule has 0 aliphatic heterocycles. The van der Waals surface area contributed by atoms with E-state index < -0.39 is 0 Å². The molecule has 1 aromatic heterocycles. The van der Waals surface area contributed by atoms with Crippen LogP contribution in [0, 0.1) is 5.92 Å². The van der Waals surface area contributed by atoms with E-state index in [2.05, 4.69) is 10.3 Å². The number of benzene rings is 1. The summed E-state index contributed by atoms with van der Waals surface area (Å²) in [4.78, 5) is 15.8. The molecule has 7 heteroatoms. The molecule has 126 valence electrons. The first-order valence-electron chi connectivity index (χ1n) is 7.57. The van der Waals surface area contributed by atoms with Crippen LogP contribution in [0.3, 0.4) is 0 Å². The second kappa shape index (κ2) is 7.83. The fraction of sp³-hybridized carbons (Fsp3) is 0.294. The van der Waals surface area contributed by atoms with Crippen molar-refractivity contribution < 1.29 is 14.3 Å². The van der Waals surface area contributed by atoms with Gasteiger partial charge in [-0.3, -0.25) is 4.79 Å². The molecule has 3 rings (SSSR count). The summed E-state index contributed by atoms with van der Waals surface area (Å²) in [6.45, 7) is 0.730. The van der Waals surface area contributed by atoms with Gasteiger partial charge in [-0.2, -0.15) is 0 Å². The Kier molecular flexibility index (Phi) is 5.56. The number of pyridine rings is 1. The van der Waals surface area contributed by atoms with E-state index >= 15 is 0 Å². The van der Waals surface area contributed by atoms with Crippen molar-refractivity contribution in [2.24, 2.45) is 5.92 Å². The van der Waals surface area contributed by atoms with Gasteiger partial charge in [0.25, 0.3) is 0 Å². The molecule has 24 heavy (non-hydrogen) atoms. The highest BCUT2D eigenvalue weighted by Crippen LogP contribution is 2.30. The van der Waals surface area contributed by atoms with E-state index in [1.807, 2.05) is 0 Å². The summed E-state index contributed by atoms with van der Waals surface area (Å²) in [5, 5.41) is 3.53. The summed E-state index contributed by atoms with van der Waals surface area (Å²) in [6, 6.07) is 8.46. The standard InChI is InChI=1S/C17H16Cl2N2O3/c18-12-7-15(19)17(20-8-12)24-14-5-3-13(4-6-14)21-16(22)10-23-9-11-1-2-11/h3-8,11H,1-2,9-10H2,(H,21,22). The molecule has 1 aliphatic carbocycles. The second-order valence-electron chi connectivity index (χ2n) is 5.57. The van der Waals surface area contributed by atoms with Crippen molar-refractivity contribution in [1.82, 2.24) is 4.98 Å². The minimum Gasteiger partial charge on any atom is -0.438 e. The molecule has 5 nitrogen and oxygen atoms in total. The lowest BCUT2D eigenvalue weighted by atomic mass is 10.3. The van der Waals surface area contributed by atoms with Gasteiger partial charge >= 0.3 is 0 Å². The van der Waals surface area contributed by atoms with Crippen molar-refractivity contribution in [1.29, 1.82) is 0 Å². The summed E-state index contributed by atoms with van der Waals surface area (Å²) in [7, 11) is 0. The average molecular weight is 367 g/mol. The number of anilines is 1. The van der Waals surface area contributed by atoms with Gasteiger partial charge < -0.3 is 14.8 Å². The maximum Gasteiger partial charge on any atom is 0.250 e. The van der Waals surface area contributed by atoms with Gasteiger partial charge in [-0.15, -0.1) is 0 Å². The van der Waals surface area contributed by atoms with E-state index in [0.717, 1.165) is 0 Å². The van der Waals surface area contributed by atoms with Crippen molar-refractivity contribution in [2.45, 2.75) is 12.8 Å². The van der Waals surface area contributed by atoms with Gasteiger partial charge in [0.05, 0.1) is 11.6 Å². The van der Waals surface area contributed by atoms with Crippen LogP contribution in [0.5, 0.6) is 11.6 Å². The molecule has 1 fully saturated rings. The number of nitrogens with zero attached hydrogens (tertiary/aromatic N) is 1. The Labute approximate surface area is 149 Å². The third-order valence-corrected chi connectivity index (χ3v) is 3.89. The zero-order valence-corrected chi connectivity index (χ0v) is 14.3. The van der Waals surface area contributed by atoms with Crippen LogP contribution in [0.4, 0.5) is 5.69 Å². The molecule has 1 aliphatic rings. The molecule has 2 aromatic rings. The Balaban J connectivity index is 1.51. The van der Waals surface area contributed by atoms with E-state index in [4.69, 9.17) is 32.7 Å². The predicted molar refractivity (Wildman–Crippen MR) is 92.9 cm³/mol. The maximum absolute atomic E-state index is 11.8. The number of ether oxygens (including phenoxy) is 2. The van der Waals surface area contributed by atoms with E-state index in [0.29, 0.717) is 34.0 Å². The van der Waals surface area contributed by atoms with Gasteiger partial charge in [0, 0.05) is 11.9 Å². The predicted octanol–water partition coefficient (Wildman–Crippen LogP) is 4.55. The number of amides is 1. The molecule has 1 N–H and O–H groups in total. The van der Waals surface area contributed by atoms with Crippen LogP contribution >= 0.6 is 23.2 Å². The first-order chi connectivity index (χ1) is 11.6. The average Bonchev–Trinajstić information content (AvgIpc) is 3.36. The molecule has 0 radical (unpaired) electrons. The number of hydrogen-bond donors (Lipinski definition) is 1. The zero-order valence-electron chi connectivity index (χ0n) is 12.8. The number of aromatic nitrogens is 1. The summed E-state index contributed by atoms with van der Waals surface area (Å²) in [6.07, 6.45) is 3.87. The third kappa shape index (κ3) is 5.09. The van der Waals surface area contributed by atoms with Gasteiger partial charge in [0.15, 0.2) is 0 Å². The summed E-state index contributed by atoms with van der Waals surface area (Å²) < 4.78 is 10.9. The topological polar surface area (TPSA) is 60.5 Å². The summed E-state index contributed by atoms with van der Waals surface area (Å²) in [5.41, 5.74) is 0.664. The first kappa shape index (κ1) is 17.0. The minimum atomic E-state index is -0.174. The number of rotatable bonds is 7. The second-order valence-corrected chi connectivity index (χ2v) is 6.42. The summed E-state index contributed by atoms with van der Waals surface area (Å²) in [5.74, 6) is 1.29. The van der Waals surface area contributed by atoms with Crippen LogP contribution in [0.2, 0.25) is 10.0 Å². The molecule has 0 spiro atoms. The zero-order chi connectivity index (χ0) is 16.9. The normalized spacial score (nSPS) is 13.6. The molecule has 1 aromatic carbocycles. The number of nitrogens with one attached hydrogen (secondary N) is 1. The lowest BCUT2D eigenvalue weighted by Crippen LogP contribution is -2.18. The summed E-state index contributed by atoms with van der Waals surface area (Å²) >= 11 is 11.8. The van der Waals surface area contributed by atoms with Crippen LogP contribution < -0.4 is 10.1 Å². The highest BCUT2D eigenvalue weighted by atomic mass is 35.5. The van der Waals surface area contributed by atoms with E-state index in [1.165, 1.54) is 19.0 Å². The van der Waals surface area contributed by atoms with Crippen LogP contribution in [-0.4, -0.2) is 24.1 Å². The SMILES string of the molecule is O=C(COCC1CC1)Nc1ccc(Oc2ncc(Cl)cc2Cl)cc1. The van der Waals surface area contributed by atoms with Crippen LogP contribution in [0.25, 0.3) is 0 Å². The number of carbonyl (C=O) groups excluding carboxylic acids is 1. The molecule has 1 amide bonds. The van der Waals surface area contributed by atoms with Crippen molar-refractivity contribution in [3.05, 3.63) is 46.6 Å². The monoisotopic (exact) mass is 366 g/mol. The van der Waals surface area contributed by atoms with Crippen LogP contribution in [0.15, 0.2) is 36.5 Å². The number of halogens is 2. The van der Waals surface area contributed by atoms with E-state index in [1.54, 1.807) is 30.3 Å². The smallest absolute Gasteiger partial charge is 0.250 e. The Morgan fingerprint density at radius 3 is 2.67 bits per heavy atom. The molecular formula is C17H16Cl2N2O3. The lowest BCUT2D eigenvalue weighted by Gasteiger charge is -2.09. The van der Waals surface area contributed by atoms with Gasteiger partial charge in [0.1, 0.15) is 17.4 Å². The van der Waals surface area contributed by atoms with E-state index in [9.17, 15) is 4.79 Å². The largest absolute Gasteiger partial charge is 0.438 e. The van der Waals surface area contributed by atoms with Gasteiger partial charge in [0.2, 0.25) is 11.8 Å². The Hall–Kier alpha value is -1.82. The maximum atomic E-state index is 11.8. The fourth-order valence-corrected chi connectivity index (χ4v) is 2.41. The third-order valence-electron chi connectivity index (χ3n) is 3.41. The number of hydrogen-bond acceptors (Lipinski definition) is 4. The van der Waals surface area contributed by atoms with Crippen LogP contribution in [-0.2, 0) is 9.53 Å². The molecule has 0 unspecified atom stereocenters. The molecular weight excluding hydrogens is 351 g/mol. The van der Waals surface area contributed by atoms with Gasteiger partial charge in [-0.1, -0.05) is 23.2 Å². The van der Waals surface area contributed by atoms with E-state index in [-0.39, 0.29) is 18.4 Å². The van der Waals surface area contributed by atoms with Crippen molar-refractivity contribution in [2.75, 3.05) is 18.5 Å². The highest BCUT2D eigenvalue weighted by molar-refractivity contribution is 6.35. The quantitative estimate of drug-likeness (QED) is 0.780. The van der Waals surface area contributed by atoms with Crippen molar-refractivity contribution in [3.63, 3.8) is 0 Å². The molecule has 0 bridgehead atoms. The molecule has 1 heterocycles. The molecule has 1 saturated carbocycles. The van der Waals surface area contributed by atoms with Crippen molar-refractivity contribution >= 4 is 34.8 Å². The number of carbonyl (C=O) groups is 1. The molecule has 0 atom stereocenters. The Morgan fingerprint density at radius 1 is 1.25 bits per heavy atom. The van der Waals surface area contributed by atoms with Gasteiger partial charge in [-0.25, -0.2) is 4.98 Å². The Bertz CT molecular complexity index is 718. The van der Waals surface area contributed by atoms with Crippen molar-refractivity contribution in [3.8, 4) is 11.6 Å². The fourth-order valence-electron chi connectivity index (χ4n) is 1.99. The lowest BCUT2D eigenvalue weighted by molar-refractivity contribution is -0.120. The first-order valence-corrected chi connectivity index (χ1v) is 8.32. The van der Waals surface area contributed by atoms with Gasteiger partial charge in [-0.05, 0) is 49.1 Å². The molecule has 0 saturated heterocycles. The Morgan fingerprint density at radius 2 is 2.00 bits per heavy atom. The highest BCUT2D eigenvalue weighted by Gasteiger charge is 2.21. The minimum absolute atomic E-state index is 0.0685.